The SMILES string of the molecule is CC.CC.COCC(COP(=O)(O)OC)NC(=O)C1CN(C(=O)CCC[N+](C)(C)C)CCN1C(=O)CCC[N+](C)(C)C. The Morgan fingerprint density at radius 1 is 0.881 bits per heavy atom. The number of phosphoric ester groups is 1. The number of quaternary nitrogens is 2. The van der Waals surface area contributed by atoms with Gasteiger partial charge in [0.2, 0.25) is 17.7 Å². The van der Waals surface area contributed by atoms with Gasteiger partial charge in [-0.3, -0.25) is 23.4 Å². The van der Waals surface area contributed by atoms with Crippen LogP contribution in [0.3, 0.4) is 0 Å². The van der Waals surface area contributed by atoms with Crippen LogP contribution in [0.5, 0.6) is 0 Å². The Bertz CT molecular complexity index is 832. The number of ether oxygens (including phenoxy) is 1. The first-order chi connectivity index (χ1) is 19.5. The maximum absolute atomic E-state index is 13.4. The zero-order valence-electron chi connectivity index (χ0n) is 28.5. The van der Waals surface area contributed by atoms with Crippen molar-refractivity contribution in [2.75, 3.05) is 102 Å². The van der Waals surface area contributed by atoms with Crippen molar-refractivity contribution in [2.24, 2.45) is 0 Å². The van der Waals surface area contributed by atoms with Crippen molar-refractivity contribution in [3.8, 4) is 0 Å². The number of nitrogens with zero attached hydrogens (tertiary/aromatic N) is 4. The molecule has 13 nitrogen and oxygen atoms in total. The quantitative estimate of drug-likeness (QED) is 0.196. The van der Waals surface area contributed by atoms with Crippen molar-refractivity contribution in [3.63, 3.8) is 0 Å². The van der Waals surface area contributed by atoms with E-state index in [1.165, 1.54) is 12.0 Å². The molecule has 0 aromatic carbocycles. The summed E-state index contributed by atoms with van der Waals surface area (Å²) in [7, 11) is 10.6. The number of phosphoric acid groups is 1. The largest absolute Gasteiger partial charge is 0.471 e. The van der Waals surface area contributed by atoms with Crippen molar-refractivity contribution in [1.29, 1.82) is 0 Å². The van der Waals surface area contributed by atoms with E-state index in [0.29, 0.717) is 25.8 Å². The van der Waals surface area contributed by atoms with E-state index in [-0.39, 0.29) is 38.1 Å². The smallest absolute Gasteiger partial charge is 0.382 e. The molecule has 14 heteroatoms. The minimum absolute atomic E-state index is 0.00726. The number of hydrogen-bond acceptors (Lipinski definition) is 7. The minimum Gasteiger partial charge on any atom is -0.382 e. The molecule has 0 spiro atoms. The Kier molecular flexibility index (Phi) is 21.4. The van der Waals surface area contributed by atoms with Gasteiger partial charge in [-0.1, -0.05) is 27.7 Å². The summed E-state index contributed by atoms with van der Waals surface area (Å²) >= 11 is 0. The van der Waals surface area contributed by atoms with Crippen LogP contribution >= 0.6 is 7.82 Å². The first-order valence-corrected chi connectivity index (χ1v) is 16.5. The number of carbonyl (C=O) groups is 3. The molecule has 2 N–H and O–H groups in total. The number of amides is 3. The number of nitrogens with one attached hydrogen (secondary N) is 1. The second kappa shape index (κ2) is 21.2. The predicted molar refractivity (Wildman–Crippen MR) is 166 cm³/mol. The molecular weight excluding hydrogens is 565 g/mol. The molecule has 0 aromatic rings. The van der Waals surface area contributed by atoms with E-state index < -0.39 is 25.8 Å². The summed E-state index contributed by atoms with van der Waals surface area (Å²) in [6, 6.07) is -1.67. The van der Waals surface area contributed by atoms with E-state index in [2.05, 4.69) is 52.1 Å². The lowest BCUT2D eigenvalue weighted by atomic mass is 10.1. The third kappa shape index (κ3) is 18.8. The Hall–Kier alpha value is -1.60. The Balaban J connectivity index is 0. The average Bonchev–Trinajstić information content (AvgIpc) is 2.92. The lowest BCUT2D eigenvalue weighted by Crippen LogP contribution is -2.63. The van der Waals surface area contributed by atoms with Gasteiger partial charge >= 0.3 is 7.82 Å². The van der Waals surface area contributed by atoms with E-state index >= 15 is 0 Å². The number of piperazine rings is 1. The van der Waals surface area contributed by atoms with Gasteiger partial charge in [0.25, 0.3) is 0 Å². The molecule has 1 rings (SSSR count). The fourth-order valence-electron chi connectivity index (χ4n) is 4.11. The van der Waals surface area contributed by atoms with Crippen molar-refractivity contribution in [2.45, 2.75) is 65.5 Å². The molecule has 0 aromatic heterocycles. The second-order valence-electron chi connectivity index (χ2n) is 11.8. The van der Waals surface area contributed by atoms with Crippen LogP contribution in [0, 0.1) is 0 Å². The fraction of sp³-hybridized carbons (Fsp3) is 0.893. The standard InChI is InChI=1S/C24H48N5O8P.2C2H6/c1-28(2,3)15-9-11-22(30)26-13-14-27(23(31)12-10-16-29(4,5)6)21(17-26)24(32)25-20(18-35-7)19-37-38(33,34)36-8;2*1-2/h20-21H,9-19H2,1-8H3;2*1-2H3/p+2. The highest BCUT2D eigenvalue weighted by Gasteiger charge is 2.37. The van der Waals surface area contributed by atoms with Gasteiger partial charge in [-0.05, 0) is 0 Å². The van der Waals surface area contributed by atoms with E-state index in [9.17, 15) is 23.8 Å². The molecule has 0 radical (unpaired) electrons. The summed E-state index contributed by atoms with van der Waals surface area (Å²) in [5.74, 6) is -0.675. The summed E-state index contributed by atoms with van der Waals surface area (Å²) in [5, 5.41) is 2.76. The highest BCUT2D eigenvalue weighted by molar-refractivity contribution is 7.47. The van der Waals surface area contributed by atoms with Gasteiger partial charge in [0.15, 0.2) is 0 Å². The molecule has 3 amide bonds. The summed E-state index contributed by atoms with van der Waals surface area (Å²) in [6.45, 7) is 10.0. The normalized spacial score (nSPS) is 17.6. The Morgan fingerprint density at radius 2 is 1.38 bits per heavy atom. The Labute approximate surface area is 255 Å². The number of rotatable bonds is 16. The molecule has 3 atom stereocenters. The van der Waals surface area contributed by atoms with Crippen LogP contribution in [0.1, 0.15) is 53.4 Å². The molecule has 0 saturated carbocycles. The molecule has 0 aliphatic carbocycles. The monoisotopic (exact) mass is 627 g/mol. The first kappa shape index (κ1) is 42.5. The summed E-state index contributed by atoms with van der Waals surface area (Å²) in [5.41, 5.74) is 0. The van der Waals surface area contributed by atoms with Crippen LogP contribution in [-0.4, -0.2) is 156 Å². The van der Waals surface area contributed by atoms with Gasteiger partial charge in [0.1, 0.15) is 6.04 Å². The highest BCUT2D eigenvalue weighted by Crippen LogP contribution is 2.41. The third-order valence-electron chi connectivity index (χ3n) is 6.18. The van der Waals surface area contributed by atoms with Crippen molar-refractivity contribution < 1.29 is 46.6 Å². The molecule has 1 fully saturated rings. The summed E-state index contributed by atoms with van der Waals surface area (Å²) < 4.78 is 27.7. The van der Waals surface area contributed by atoms with Crippen LogP contribution in [-0.2, 0) is 32.7 Å². The topological polar surface area (TPSA) is 135 Å². The van der Waals surface area contributed by atoms with Crippen LogP contribution in [0.15, 0.2) is 0 Å². The van der Waals surface area contributed by atoms with Crippen LogP contribution in [0.2, 0.25) is 0 Å². The first-order valence-electron chi connectivity index (χ1n) is 15.0. The fourth-order valence-corrected chi connectivity index (χ4v) is 4.58. The minimum atomic E-state index is -4.25. The van der Waals surface area contributed by atoms with Gasteiger partial charge in [-0.25, -0.2) is 4.57 Å². The van der Waals surface area contributed by atoms with Crippen molar-refractivity contribution >= 4 is 25.5 Å². The molecule has 0 bridgehead atoms. The number of methoxy groups -OCH3 is 1. The zero-order chi connectivity index (χ0) is 33.1. The molecular formula is C28H62N5O8P+2. The summed E-state index contributed by atoms with van der Waals surface area (Å²) in [4.78, 5) is 52.3. The van der Waals surface area contributed by atoms with Gasteiger partial charge < -0.3 is 33.7 Å². The summed E-state index contributed by atoms with van der Waals surface area (Å²) in [6.07, 6.45) is 2.05. The number of carbonyl (C=O) groups excluding carboxylic acids is 3. The van der Waals surface area contributed by atoms with Gasteiger partial charge in [-0.2, -0.15) is 0 Å². The molecule has 1 aliphatic rings. The highest BCUT2D eigenvalue weighted by atomic mass is 31.2. The maximum atomic E-state index is 13.4. The maximum Gasteiger partial charge on any atom is 0.471 e. The molecule has 1 heterocycles. The average molecular weight is 628 g/mol. The van der Waals surface area contributed by atoms with Gasteiger partial charge in [0, 0.05) is 53.0 Å². The van der Waals surface area contributed by atoms with Crippen LogP contribution in [0.4, 0.5) is 0 Å². The predicted octanol–water partition coefficient (Wildman–Crippen LogP) is 1.95. The lowest BCUT2D eigenvalue weighted by Gasteiger charge is -2.41. The van der Waals surface area contributed by atoms with E-state index in [1.54, 1.807) is 4.90 Å². The lowest BCUT2D eigenvalue weighted by molar-refractivity contribution is -0.870. The van der Waals surface area contributed by atoms with Gasteiger partial charge in [0.05, 0.1) is 81.2 Å². The molecule has 1 aliphatic heterocycles. The van der Waals surface area contributed by atoms with Crippen molar-refractivity contribution in [3.05, 3.63) is 0 Å². The second-order valence-corrected chi connectivity index (χ2v) is 13.3. The Morgan fingerprint density at radius 3 is 1.83 bits per heavy atom. The zero-order valence-corrected chi connectivity index (χ0v) is 29.4. The molecule has 42 heavy (non-hydrogen) atoms. The van der Waals surface area contributed by atoms with E-state index in [4.69, 9.17) is 9.26 Å². The van der Waals surface area contributed by atoms with Crippen molar-refractivity contribution in [1.82, 2.24) is 15.1 Å². The van der Waals surface area contributed by atoms with E-state index in [1.807, 2.05) is 27.7 Å². The van der Waals surface area contributed by atoms with E-state index in [0.717, 1.165) is 35.6 Å². The molecule has 3 unspecified atom stereocenters. The third-order valence-corrected chi connectivity index (χ3v) is 7.12. The number of hydrogen-bond donors (Lipinski definition) is 2. The molecule has 1 saturated heterocycles. The molecule has 250 valence electrons. The van der Waals surface area contributed by atoms with Crippen LogP contribution < -0.4 is 5.32 Å². The van der Waals surface area contributed by atoms with Gasteiger partial charge in [-0.15, -0.1) is 0 Å². The van der Waals surface area contributed by atoms with Crippen LogP contribution in [0.25, 0.3) is 0 Å².